The standard InChI is InChI=1S/C36H58N7O10P/c1-9-11-13-15-17-49-32(45)35(5,6)41-54(48,42-36(7,8)33(46)50-18-16-14-12-10-2)24-52-26(4)20-43-23-39-29-30(37-22-38-31(29)43)40-34(47)51-21-27-25(3)19-28(44)53-27/h22-23,26H,9-21,24H2,1-8H3,(H2,41,42,48)(H,37,38,40,47)/t26-/m1/s1. The van der Waals surface area contributed by atoms with Crippen LogP contribution in [-0.2, 0) is 49.2 Å². The van der Waals surface area contributed by atoms with Crippen LogP contribution in [0.25, 0.3) is 11.2 Å². The fourth-order valence-corrected chi connectivity index (χ4v) is 8.13. The summed E-state index contributed by atoms with van der Waals surface area (Å²) in [5, 5.41) is 8.41. The lowest BCUT2D eigenvalue weighted by atomic mass is 10.1. The molecule has 2 aromatic rings. The highest BCUT2D eigenvalue weighted by Crippen LogP contribution is 2.42. The van der Waals surface area contributed by atoms with Crippen molar-refractivity contribution in [3.05, 3.63) is 24.0 Å². The molecule has 1 aliphatic rings. The summed E-state index contributed by atoms with van der Waals surface area (Å²) in [6.07, 6.45) is 8.55. The number of carbonyl (C=O) groups is 4. The number of esters is 3. The largest absolute Gasteiger partial charge is 0.464 e. The second kappa shape index (κ2) is 20.7. The molecular formula is C36H58N7O10P. The summed E-state index contributed by atoms with van der Waals surface area (Å²) in [5.41, 5.74) is -1.46. The van der Waals surface area contributed by atoms with Crippen molar-refractivity contribution >= 4 is 48.4 Å². The van der Waals surface area contributed by atoms with E-state index in [1.807, 2.05) is 0 Å². The van der Waals surface area contributed by atoms with Gasteiger partial charge in [-0.15, -0.1) is 0 Å². The summed E-state index contributed by atoms with van der Waals surface area (Å²) in [6, 6.07) is 0. The number of fused-ring (bicyclic) bond motifs is 1. The van der Waals surface area contributed by atoms with Crippen LogP contribution in [0.4, 0.5) is 10.6 Å². The van der Waals surface area contributed by atoms with E-state index in [-0.39, 0.29) is 44.1 Å². The first-order valence-corrected chi connectivity index (χ1v) is 20.5. The van der Waals surface area contributed by atoms with E-state index in [4.69, 9.17) is 23.7 Å². The van der Waals surface area contributed by atoms with Gasteiger partial charge < -0.3 is 28.3 Å². The van der Waals surface area contributed by atoms with E-state index in [1.54, 1.807) is 46.1 Å². The van der Waals surface area contributed by atoms with Crippen LogP contribution in [0, 0.1) is 0 Å². The van der Waals surface area contributed by atoms with Crippen LogP contribution >= 0.6 is 7.44 Å². The van der Waals surface area contributed by atoms with Crippen LogP contribution in [0.3, 0.4) is 0 Å². The highest BCUT2D eigenvalue weighted by Gasteiger charge is 2.43. The molecule has 0 unspecified atom stereocenters. The van der Waals surface area contributed by atoms with Crippen molar-refractivity contribution in [2.75, 3.05) is 31.5 Å². The number of carbonyl (C=O) groups excluding carboxylic acids is 4. The van der Waals surface area contributed by atoms with Crippen molar-refractivity contribution in [2.45, 2.75) is 137 Å². The minimum atomic E-state index is -3.87. The fourth-order valence-electron chi connectivity index (χ4n) is 5.49. The van der Waals surface area contributed by atoms with Gasteiger partial charge in [0.25, 0.3) is 0 Å². The molecule has 0 fully saturated rings. The summed E-state index contributed by atoms with van der Waals surface area (Å²) in [7, 11) is -3.87. The lowest BCUT2D eigenvalue weighted by molar-refractivity contribution is -0.149. The number of unbranched alkanes of at least 4 members (excludes halogenated alkanes) is 6. The van der Waals surface area contributed by atoms with Crippen molar-refractivity contribution in [1.29, 1.82) is 0 Å². The maximum Gasteiger partial charge on any atom is 0.413 e. The molecule has 0 bridgehead atoms. The third-order valence-corrected chi connectivity index (χ3v) is 10.8. The summed E-state index contributed by atoms with van der Waals surface area (Å²) >= 11 is 0. The number of imidazole rings is 1. The molecule has 0 radical (unpaired) electrons. The molecule has 0 spiro atoms. The van der Waals surface area contributed by atoms with Gasteiger partial charge in [-0.2, -0.15) is 0 Å². The van der Waals surface area contributed by atoms with Gasteiger partial charge in [-0.3, -0.25) is 24.3 Å². The van der Waals surface area contributed by atoms with Crippen molar-refractivity contribution in [1.82, 2.24) is 29.7 Å². The van der Waals surface area contributed by atoms with Crippen molar-refractivity contribution < 1.29 is 47.4 Å². The number of cyclic esters (lactones) is 1. The maximum atomic E-state index is 14.6. The number of hydrogen-bond acceptors (Lipinski definition) is 13. The molecule has 0 saturated heterocycles. The Labute approximate surface area is 317 Å². The molecule has 1 amide bonds. The number of ether oxygens (including phenoxy) is 5. The molecule has 54 heavy (non-hydrogen) atoms. The average Bonchev–Trinajstić information content (AvgIpc) is 3.66. The van der Waals surface area contributed by atoms with Gasteiger partial charge in [0.05, 0.1) is 38.6 Å². The Bertz CT molecular complexity index is 1630. The van der Waals surface area contributed by atoms with E-state index in [1.165, 1.54) is 12.7 Å². The normalized spacial score (nSPS) is 14.3. The monoisotopic (exact) mass is 779 g/mol. The number of nitrogens with zero attached hydrogens (tertiary/aromatic N) is 4. The van der Waals surface area contributed by atoms with Crippen LogP contribution < -0.4 is 15.5 Å². The van der Waals surface area contributed by atoms with Crippen molar-refractivity contribution in [2.24, 2.45) is 0 Å². The van der Waals surface area contributed by atoms with E-state index in [0.29, 0.717) is 17.0 Å². The van der Waals surface area contributed by atoms with E-state index in [9.17, 15) is 23.7 Å². The molecule has 302 valence electrons. The van der Waals surface area contributed by atoms with Gasteiger partial charge in [0.1, 0.15) is 29.5 Å². The Morgan fingerprint density at radius 1 is 0.907 bits per heavy atom. The molecule has 1 atom stereocenters. The molecule has 0 aliphatic carbocycles. The van der Waals surface area contributed by atoms with Crippen molar-refractivity contribution in [3.63, 3.8) is 0 Å². The van der Waals surface area contributed by atoms with Gasteiger partial charge in [-0.05, 0) is 60.0 Å². The number of amides is 1. The zero-order chi connectivity index (χ0) is 39.9. The van der Waals surface area contributed by atoms with Gasteiger partial charge in [0.15, 0.2) is 23.6 Å². The molecule has 0 saturated carbocycles. The Morgan fingerprint density at radius 3 is 2.04 bits per heavy atom. The molecule has 0 aromatic carbocycles. The number of rotatable bonds is 24. The van der Waals surface area contributed by atoms with E-state index in [0.717, 1.165) is 51.4 Å². The topological polar surface area (TPSA) is 211 Å². The second-order valence-corrected chi connectivity index (χ2v) is 16.7. The molecule has 3 heterocycles. The van der Waals surface area contributed by atoms with Crippen LogP contribution in [0.2, 0.25) is 0 Å². The van der Waals surface area contributed by atoms with Crippen LogP contribution in [0.1, 0.15) is 113 Å². The number of nitrogens with one attached hydrogen (secondary N) is 3. The molecule has 17 nitrogen and oxygen atoms in total. The molecular weight excluding hydrogens is 721 g/mol. The van der Waals surface area contributed by atoms with E-state index < -0.39 is 55.0 Å². The van der Waals surface area contributed by atoms with Crippen molar-refractivity contribution in [3.8, 4) is 0 Å². The number of aromatic nitrogens is 4. The maximum absolute atomic E-state index is 14.6. The quantitative estimate of drug-likeness (QED) is 0.0473. The van der Waals surface area contributed by atoms with Crippen LogP contribution in [0.15, 0.2) is 24.0 Å². The van der Waals surface area contributed by atoms with Crippen LogP contribution in [-0.4, -0.2) is 86.9 Å². The summed E-state index contributed by atoms with van der Waals surface area (Å²) < 4.78 is 43.7. The van der Waals surface area contributed by atoms with Gasteiger partial charge in [-0.25, -0.2) is 29.9 Å². The Hall–Kier alpha value is -3.92. The van der Waals surface area contributed by atoms with E-state index >= 15 is 0 Å². The van der Waals surface area contributed by atoms with E-state index in [2.05, 4.69) is 44.3 Å². The predicted molar refractivity (Wildman–Crippen MR) is 201 cm³/mol. The predicted octanol–water partition coefficient (Wildman–Crippen LogP) is 6.13. The molecule has 3 N–H and O–H groups in total. The smallest absolute Gasteiger partial charge is 0.413 e. The zero-order valence-electron chi connectivity index (χ0n) is 33.0. The third-order valence-electron chi connectivity index (χ3n) is 8.48. The van der Waals surface area contributed by atoms with Gasteiger partial charge >= 0.3 is 24.0 Å². The number of hydrogen-bond donors (Lipinski definition) is 3. The molecule has 2 aromatic heterocycles. The SMILES string of the molecule is CCCCCCOC(=O)C(C)(C)NP(=O)(CO[C@H](C)Cn1cnc2c(NC(=O)OCC3=C(C)CC(=O)O3)ncnc21)NC(C)(C)C(=O)OCCCCCC. The second-order valence-electron chi connectivity index (χ2n) is 14.6. The summed E-state index contributed by atoms with van der Waals surface area (Å²) in [5.74, 6) is -1.19. The number of anilines is 1. The molecule has 18 heteroatoms. The minimum absolute atomic E-state index is 0.100. The zero-order valence-corrected chi connectivity index (χ0v) is 33.8. The molecule has 1 aliphatic heterocycles. The van der Waals surface area contributed by atoms with Gasteiger partial charge in [0, 0.05) is 0 Å². The highest BCUT2D eigenvalue weighted by atomic mass is 31.2. The van der Waals surface area contributed by atoms with Gasteiger partial charge in [0.2, 0.25) is 7.44 Å². The minimum Gasteiger partial charge on any atom is -0.464 e. The summed E-state index contributed by atoms with van der Waals surface area (Å²) in [6.45, 7) is 14.4. The lowest BCUT2D eigenvalue weighted by Gasteiger charge is -2.35. The lowest BCUT2D eigenvalue weighted by Crippen LogP contribution is -2.54. The highest BCUT2D eigenvalue weighted by molar-refractivity contribution is 7.59. The first kappa shape index (κ1) is 44.5. The van der Waals surface area contributed by atoms with Gasteiger partial charge in [-0.1, -0.05) is 52.4 Å². The fraction of sp³-hybridized carbons (Fsp3) is 0.694. The van der Waals surface area contributed by atoms with Crippen LogP contribution in [0.5, 0.6) is 0 Å². The summed E-state index contributed by atoms with van der Waals surface area (Å²) in [4.78, 5) is 63.1. The Morgan fingerprint density at radius 2 is 1.50 bits per heavy atom. The first-order valence-electron chi connectivity index (χ1n) is 18.6. The average molecular weight is 780 g/mol. The third kappa shape index (κ3) is 13.7. The molecule has 3 rings (SSSR count). The Balaban J connectivity index is 1.70. The Kier molecular flexibility index (Phi) is 17.0. The first-order chi connectivity index (χ1) is 25.5.